The largest absolute Gasteiger partial charge is 0.477 e. The number of hydrogen-bond donors (Lipinski definition) is 0. The van der Waals surface area contributed by atoms with Crippen LogP contribution in [-0.4, -0.2) is 72.7 Å². The first-order valence-electron chi connectivity index (χ1n) is 10.8. The summed E-state index contributed by atoms with van der Waals surface area (Å²) in [5, 5.41) is 0. The van der Waals surface area contributed by atoms with Crippen LogP contribution in [0.25, 0.3) is 5.69 Å². The Bertz CT molecular complexity index is 1060. The van der Waals surface area contributed by atoms with Crippen molar-refractivity contribution in [2.75, 3.05) is 58.3 Å². The highest BCUT2D eigenvalue weighted by atomic mass is 19.1. The lowest BCUT2D eigenvalue weighted by atomic mass is 10.0. The number of benzene rings is 1. The second-order valence-corrected chi connectivity index (χ2v) is 8.46. The molecule has 2 aromatic heterocycles. The molecule has 6 nitrogen and oxygen atoms in total. The topological polar surface area (TPSA) is 36.8 Å². The van der Waals surface area contributed by atoms with E-state index in [9.17, 15) is 4.39 Å². The van der Waals surface area contributed by atoms with Crippen LogP contribution in [0.1, 0.15) is 17.4 Å². The third-order valence-electron chi connectivity index (χ3n) is 6.11. The highest BCUT2D eigenvalue weighted by molar-refractivity contribution is 5.56. The van der Waals surface area contributed by atoms with Crippen LogP contribution in [-0.2, 0) is 0 Å². The maximum Gasteiger partial charge on any atom is 0.168 e. The van der Waals surface area contributed by atoms with Crippen LogP contribution in [0, 0.1) is 5.82 Å². The number of rotatable bonds is 5. The molecule has 2 aliphatic heterocycles. The summed E-state index contributed by atoms with van der Waals surface area (Å²) >= 11 is 0. The zero-order valence-corrected chi connectivity index (χ0v) is 18.0. The number of anilines is 1. The Kier molecular flexibility index (Phi) is 5.38. The molecular formula is C24H28FN5O. The Hall–Kier alpha value is -2.90. The van der Waals surface area contributed by atoms with E-state index in [1.807, 2.05) is 35.2 Å². The van der Waals surface area contributed by atoms with E-state index < -0.39 is 0 Å². The third-order valence-corrected chi connectivity index (χ3v) is 6.11. The van der Waals surface area contributed by atoms with Gasteiger partial charge in [0.25, 0.3) is 0 Å². The van der Waals surface area contributed by atoms with Gasteiger partial charge in [0.15, 0.2) is 6.10 Å². The molecule has 0 spiro atoms. The fourth-order valence-electron chi connectivity index (χ4n) is 4.42. The Balaban J connectivity index is 1.41. The van der Waals surface area contributed by atoms with Gasteiger partial charge in [0.05, 0.1) is 11.4 Å². The van der Waals surface area contributed by atoms with Gasteiger partial charge in [-0.15, -0.1) is 0 Å². The fourth-order valence-corrected chi connectivity index (χ4v) is 4.42. The van der Waals surface area contributed by atoms with Crippen LogP contribution >= 0.6 is 0 Å². The van der Waals surface area contributed by atoms with Gasteiger partial charge in [0.1, 0.15) is 17.4 Å². The maximum absolute atomic E-state index is 13.9. The quantitative estimate of drug-likeness (QED) is 0.633. The standard InChI is InChI=1S/C24H28FN5O/c1-27(2)11-12-28-13-15-29(16-14-28)24-19(5-3-9-26-24)23-20-6-4-10-30(20)21-17-18(25)7-8-22(21)31-23/h3-10,17,23H,11-16H2,1-2H3. The number of piperazine rings is 1. The van der Waals surface area contributed by atoms with E-state index in [0.29, 0.717) is 5.75 Å². The molecule has 4 heterocycles. The summed E-state index contributed by atoms with van der Waals surface area (Å²) in [6.45, 7) is 6.08. The molecule has 7 heteroatoms. The predicted octanol–water partition coefficient (Wildman–Crippen LogP) is 3.18. The molecule has 3 aromatic rings. The average molecular weight is 422 g/mol. The van der Waals surface area contributed by atoms with Gasteiger partial charge < -0.3 is 19.1 Å². The van der Waals surface area contributed by atoms with E-state index in [-0.39, 0.29) is 11.9 Å². The minimum atomic E-state index is -0.288. The van der Waals surface area contributed by atoms with E-state index in [0.717, 1.165) is 62.0 Å². The Morgan fingerprint density at radius 2 is 1.94 bits per heavy atom. The second kappa shape index (κ2) is 8.32. The number of pyridine rings is 1. The van der Waals surface area contributed by atoms with Gasteiger partial charge in [-0.3, -0.25) is 4.90 Å². The van der Waals surface area contributed by atoms with Gasteiger partial charge in [-0.05, 0) is 50.5 Å². The number of aromatic nitrogens is 2. The van der Waals surface area contributed by atoms with Crippen molar-refractivity contribution in [1.82, 2.24) is 19.4 Å². The normalized spacial score (nSPS) is 18.6. The first kappa shape index (κ1) is 20.0. The SMILES string of the molecule is CN(C)CCN1CCN(c2ncccc2C2Oc3ccc(F)cc3-n3cccc32)CC1. The van der Waals surface area contributed by atoms with Crippen LogP contribution in [0.5, 0.6) is 5.75 Å². The fraction of sp³-hybridized carbons (Fsp3) is 0.375. The first-order chi connectivity index (χ1) is 15.1. The average Bonchev–Trinajstić information content (AvgIpc) is 3.28. The zero-order chi connectivity index (χ0) is 21.4. The van der Waals surface area contributed by atoms with E-state index in [2.05, 4.69) is 34.9 Å². The number of hydrogen-bond acceptors (Lipinski definition) is 5. The molecule has 1 saturated heterocycles. The first-order valence-corrected chi connectivity index (χ1v) is 10.8. The van der Waals surface area contributed by atoms with Crippen molar-refractivity contribution in [3.8, 4) is 11.4 Å². The van der Waals surface area contributed by atoms with Gasteiger partial charge in [-0.2, -0.15) is 0 Å². The molecule has 162 valence electrons. The van der Waals surface area contributed by atoms with Gasteiger partial charge in [-0.25, -0.2) is 9.37 Å². The summed E-state index contributed by atoms with van der Waals surface area (Å²) in [6, 6.07) is 12.7. The van der Waals surface area contributed by atoms with Crippen LogP contribution < -0.4 is 9.64 Å². The molecule has 0 amide bonds. The number of likely N-dealkylation sites (N-methyl/N-ethyl adjacent to an activating group) is 1. The number of halogens is 1. The van der Waals surface area contributed by atoms with E-state index >= 15 is 0 Å². The molecular weight excluding hydrogens is 393 g/mol. The third kappa shape index (κ3) is 3.91. The van der Waals surface area contributed by atoms with Gasteiger partial charge in [0.2, 0.25) is 0 Å². The Morgan fingerprint density at radius 1 is 1.10 bits per heavy atom. The van der Waals surface area contributed by atoms with Crippen molar-refractivity contribution in [2.45, 2.75) is 6.10 Å². The zero-order valence-electron chi connectivity index (χ0n) is 18.0. The highest BCUT2D eigenvalue weighted by Gasteiger charge is 2.31. The van der Waals surface area contributed by atoms with E-state index in [1.165, 1.54) is 12.1 Å². The maximum atomic E-state index is 13.9. The van der Waals surface area contributed by atoms with E-state index in [1.54, 1.807) is 6.07 Å². The summed E-state index contributed by atoms with van der Waals surface area (Å²) in [4.78, 5) is 11.8. The molecule has 0 bridgehead atoms. The molecule has 1 aromatic carbocycles. The second-order valence-electron chi connectivity index (χ2n) is 8.46. The van der Waals surface area contributed by atoms with Crippen molar-refractivity contribution in [2.24, 2.45) is 0 Å². The van der Waals surface area contributed by atoms with Gasteiger partial charge in [-0.1, -0.05) is 0 Å². The van der Waals surface area contributed by atoms with Crippen LogP contribution in [0.2, 0.25) is 0 Å². The molecule has 2 aliphatic rings. The summed E-state index contributed by atoms with van der Waals surface area (Å²) in [5.74, 6) is 1.38. The minimum Gasteiger partial charge on any atom is -0.477 e. The van der Waals surface area contributed by atoms with Gasteiger partial charge >= 0.3 is 0 Å². The van der Waals surface area contributed by atoms with Gasteiger partial charge in [0, 0.05) is 63.3 Å². The summed E-state index contributed by atoms with van der Waals surface area (Å²) in [7, 11) is 4.23. The minimum absolute atomic E-state index is 0.269. The van der Waals surface area contributed by atoms with Crippen molar-refractivity contribution in [3.05, 3.63) is 71.9 Å². The highest BCUT2D eigenvalue weighted by Crippen LogP contribution is 2.41. The van der Waals surface area contributed by atoms with Crippen LogP contribution in [0.4, 0.5) is 10.2 Å². The number of nitrogens with zero attached hydrogens (tertiary/aromatic N) is 5. The lowest BCUT2D eigenvalue weighted by Gasteiger charge is -2.37. The summed E-state index contributed by atoms with van der Waals surface area (Å²) in [5.41, 5.74) is 2.76. The Labute approximate surface area is 182 Å². The van der Waals surface area contributed by atoms with Crippen molar-refractivity contribution in [3.63, 3.8) is 0 Å². The number of ether oxygens (including phenoxy) is 1. The summed E-state index contributed by atoms with van der Waals surface area (Å²) < 4.78 is 22.3. The molecule has 1 fully saturated rings. The molecule has 5 rings (SSSR count). The van der Waals surface area contributed by atoms with Crippen LogP contribution in [0.3, 0.4) is 0 Å². The van der Waals surface area contributed by atoms with Crippen molar-refractivity contribution in [1.29, 1.82) is 0 Å². The monoisotopic (exact) mass is 421 g/mol. The molecule has 0 N–H and O–H groups in total. The molecule has 0 radical (unpaired) electrons. The molecule has 1 unspecified atom stereocenters. The Morgan fingerprint density at radius 3 is 2.74 bits per heavy atom. The van der Waals surface area contributed by atoms with E-state index in [4.69, 9.17) is 9.72 Å². The van der Waals surface area contributed by atoms with Crippen molar-refractivity contribution < 1.29 is 9.13 Å². The van der Waals surface area contributed by atoms with Crippen LogP contribution in [0.15, 0.2) is 54.9 Å². The lowest BCUT2D eigenvalue weighted by molar-refractivity contribution is 0.221. The lowest BCUT2D eigenvalue weighted by Crippen LogP contribution is -2.48. The molecule has 1 atom stereocenters. The predicted molar refractivity (Wildman–Crippen MR) is 120 cm³/mol. The molecule has 0 saturated carbocycles. The molecule has 31 heavy (non-hydrogen) atoms. The number of fused-ring (bicyclic) bond motifs is 3. The molecule has 0 aliphatic carbocycles. The summed E-state index contributed by atoms with van der Waals surface area (Å²) in [6.07, 6.45) is 3.52. The van der Waals surface area contributed by atoms with Crippen molar-refractivity contribution >= 4 is 5.82 Å². The smallest absolute Gasteiger partial charge is 0.168 e.